The van der Waals surface area contributed by atoms with E-state index in [1.54, 1.807) is 6.20 Å². The van der Waals surface area contributed by atoms with Gasteiger partial charge in [0, 0.05) is 17.7 Å². The lowest BCUT2D eigenvalue weighted by atomic mass is 10.0. The van der Waals surface area contributed by atoms with Crippen LogP contribution in [0.15, 0.2) is 65.2 Å². The number of oxazole rings is 1. The number of rotatable bonds is 5. The van der Waals surface area contributed by atoms with Gasteiger partial charge >= 0.3 is 0 Å². The van der Waals surface area contributed by atoms with Gasteiger partial charge in [-0.25, -0.2) is 4.98 Å². The van der Waals surface area contributed by atoms with Gasteiger partial charge in [0.25, 0.3) is 0 Å². The second-order valence-corrected chi connectivity index (χ2v) is 6.14. The summed E-state index contributed by atoms with van der Waals surface area (Å²) < 4.78 is 5.80. The molecule has 126 valence electrons. The second kappa shape index (κ2) is 6.81. The number of aromatic nitrogens is 1. The van der Waals surface area contributed by atoms with Gasteiger partial charge in [-0.05, 0) is 36.2 Å². The van der Waals surface area contributed by atoms with E-state index in [4.69, 9.17) is 4.42 Å². The molecular formula is C20H19N3O2. The summed E-state index contributed by atoms with van der Waals surface area (Å²) in [6, 6.07) is 18.1. The summed E-state index contributed by atoms with van der Waals surface area (Å²) in [5.74, 6) is 1.52. The van der Waals surface area contributed by atoms with Crippen LogP contribution in [0.4, 0.5) is 5.69 Å². The summed E-state index contributed by atoms with van der Waals surface area (Å²) in [5, 5.41) is 6.35. The smallest absolute Gasteiger partial charge is 0.226 e. The molecule has 1 unspecified atom stereocenters. The van der Waals surface area contributed by atoms with Crippen molar-refractivity contribution in [3.05, 3.63) is 72.1 Å². The van der Waals surface area contributed by atoms with Gasteiger partial charge in [-0.2, -0.15) is 0 Å². The van der Waals surface area contributed by atoms with Crippen molar-refractivity contribution in [2.45, 2.75) is 25.4 Å². The van der Waals surface area contributed by atoms with Crippen molar-refractivity contribution < 1.29 is 9.21 Å². The SMILES string of the molecule is O=C1CCC(c2cccc(NCc3cnc(-c4ccccc4)o3)c2)N1. The molecular weight excluding hydrogens is 314 g/mol. The average molecular weight is 333 g/mol. The van der Waals surface area contributed by atoms with Gasteiger partial charge in [0.2, 0.25) is 11.8 Å². The molecule has 2 heterocycles. The minimum Gasteiger partial charge on any atom is -0.439 e. The number of hydrogen-bond donors (Lipinski definition) is 2. The molecule has 25 heavy (non-hydrogen) atoms. The Hall–Kier alpha value is -3.08. The standard InChI is InChI=1S/C20H19N3O2/c24-19-10-9-18(23-19)15-7-4-8-16(11-15)21-12-17-13-22-20(25-17)14-5-2-1-3-6-14/h1-8,11,13,18,21H,9-10,12H2,(H,23,24). The summed E-state index contributed by atoms with van der Waals surface area (Å²) >= 11 is 0. The first-order chi connectivity index (χ1) is 12.3. The summed E-state index contributed by atoms with van der Waals surface area (Å²) in [4.78, 5) is 15.7. The molecule has 0 spiro atoms. The Morgan fingerprint density at radius 1 is 1.16 bits per heavy atom. The lowest BCUT2D eigenvalue weighted by Crippen LogP contribution is -2.18. The highest BCUT2D eigenvalue weighted by atomic mass is 16.4. The highest BCUT2D eigenvalue weighted by molar-refractivity contribution is 5.78. The van der Waals surface area contributed by atoms with Gasteiger partial charge in [0.05, 0.1) is 18.8 Å². The molecule has 1 aliphatic rings. The number of benzene rings is 2. The van der Waals surface area contributed by atoms with Crippen molar-refractivity contribution in [2.24, 2.45) is 0 Å². The number of carbonyl (C=O) groups is 1. The fraction of sp³-hybridized carbons (Fsp3) is 0.200. The molecule has 0 saturated carbocycles. The van der Waals surface area contributed by atoms with E-state index in [0.29, 0.717) is 18.9 Å². The molecule has 1 fully saturated rings. The Labute approximate surface area is 146 Å². The number of amides is 1. The summed E-state index contributed by atoms with van der Waals surface area (Å²) in [7, 11) is 0. The van der Waals surface area contributed by atoms with E-state index in [9.17, 15) is 4.79 Å². The fourth-order valence-electron chi connectivity index (χ4n) is 3.02. The van der Waals surface area contributed by atoms with Crippen LogP contribution in [0.1, 0.15) is 30.2 Å². The van der Waals surface area contributed by atoms with Crippen LogP contribution in [0.3, 0.4) is 0 Å². The molecule has 4 rings (SSSR count). The van der Waals surface area contributed by atoms with Crippen LogP contribution in [-0.4, -0.2) is 10.9 Å². The van der Waals surface area contributed by atoms with Crippen LogP contribution in [0.5, 0.6) is 0 Å². The van der Waals surface area contributed by atoms with Crippen molar-refractivity contribution in [1.82, 2.24) is 10.3 Å². The molecule has 0 radical (unpaired) electrons. The number of nitrogens with zero attached hydrogens (tertiary/aromatic N) is 1. The summed E-state index contributed by atoms with van der Waals surface area (Å²) in [6.07, 6.45) is 3.20. The maximum atomic E-state index is 11.4. The molecule has 1 amide bonds. The van der Waals surface area contributed by atoms with E-state index in [1.165, 1.54) is 0 Å². The Morgan fingerprint density at radius 3 is 2.84 bits per heavy atom. The van der Waals surface area contributed by atoms with Crippen molar-refractivity contribution in [2.75, 3.05) is 5.32 Å². The topological polar surface area (TPSA) is 67.2 Å². The van der Waals surface area contributed by atoms with Crippen LogP contribution in [0, 0.1) is 0 Å². The Bertz CT molecular complexity index is 873. The van der Waals surface area contributed by atoms with Crippen LogP contribution in [0.25, 0.3) is 11.5 Å². The van der Waals surface area contributed by atoms with E-state index >= 15 is 0 Å². The lowest BCUT2D eigenvalue weighted by Gasteiger charge is -2.12. The number of hydrogen-bond acceptors (Lipinski definition) is 4. The predicted molar refractivity (Wildman–Crippen MR) is 95.8 cm³/mol. The van der Waals surface area contributed by atoms with Crippen LogP contribution in [-0.2, 0) is 11.3 Å². The van der Waals surface area contributed by atoms with E-state index in [-0.39, 0.29) is 11.9 Å². The molecule has 2 aromatic carbocycles. The Balaban J connectivity index is 1.42. The molecule has 1 atom stereocenters. The van der Waals surface area contributed by atoms with E-state index in [0.717, 1.165) is 29.0 Å². The molecule has 3 aromatic rings. The summed E-state index contributed by atoms with van der Waals surface area (Å²) in [5.41, 5.74) is 3.09. The normalized spacial score (nSPS) is 16.6. The van der Waals surface area contributed by atoms with Crippen molar-refractivity contribution >= 4 is 11.6 Å². The van der Waals surface area contributed by atoms with Crippen molar-refractivity contribution in [3.63, 3.8) is 0 Å². The van der Waals surface area contributed by atoms with Gasteiger partial charge in [0.1, 0.15) is 5.76 Å². The van der Waals surface area contributed by atoms with Crippen molar-refractivity contribution in [3.8, 4) is 11.5 Å². The van der Waals surface area contributed by atoms with Crippen molar-refractivity contribution in [1.29, 1.82) is 0 Å². The Morgan fingerprint density at radius 2 is 2.04 bits per heavy atom. The predicted octanol–water partition coefficient (Wildman–Crippen LogP) is 3.90. The first-order valence-electron chi connectivity index (χ1n) is 8.41. The second-order valence-electron chi connectivity index (χ2n) is 6.14. The van der Waals surface area contributed by atoms with Gasteiger partial charge in [-0.15, -0.1) is 0 Å². The third-order valence-corrected chi connectivity index (χ3v) is 4.33. The zero-order chi connectivity index (χ0) is 17.1. The molecule has 1 aromatic heterocycles. The van der Waals surface area contributed by atoms with E-state index < -0.39 is 0 Å². The van der Waals surface area contributed by atoms with Crippen LogP contribution < -0.4 is 10.6 Å². The van der Waals surface area contributed by atoms with Gasteiger partial charge in [-0.1, -0.05) is 30.3 Å². The highest BCUT2D eigenvalue weighted by Gasteiger charge is 2.22. The molecule has 1 saturated heterocycles. The van der Waals surface area contributed by atoms with Gasteiger partial charge in [-0.3, -0.25) is 4.79 Å². The first kappa shape index (κ1) is 15.4. The average Bonchev–Trinajstić information content (AvgIpc) is 3.30. The Kier molecular flexibility index (Phi) is 4.21. The minimum absolute atomic E-state index is 0.115. The molecule has 5 nitrogen and oxygen atoms in total. The molecule has 1 aliphatic heterocycles. The quantitative estimate of drug-likeness (QED) is 0.743. The third kappa shape index (κ3) is 3.55. The molecule has 2 N–H and O–H groups in total. The van der Waals surface area contributed by atoms with E-state index in [2.05, 4.69) is 21.7 Å². The highest BCUT2D eigenvalue weighted by Crippen LogP contribution is 2.26. The minimum atomic E-state index is 0.115. The van der Waals surface area contributed by atoms with Gasteiger partial charge in [0.15, 0.2) is 0 Å². The maximum Gasteiger partial charge on any atom is 0.226 e. The fourth-order valence-corrected chi connectivity index (χ4v) is 3.02. The summed E-state index contributed by atoms with van der Waals surface area (Å²) in [6.45, 7) is 0.556. The third-order valence-electron chi connectivity index (χ3n) is 4.33. The van der Waals surface area contributed by atoms with E-state index in [1.807, 2.05) is 48.5 Å². The van der Waals surface area contributed by atoms with Gasteiger partial charge < -0.3 is 15.1 Å². The maximum absolute atomic E-state index is 11.4. The number of nitrogens with one attached hydrogen (secondary N) is 2. The molecule has 5 heteroatoms. The monoisotopic (exact) mass is 333 g/mol. The number of carbonyl (C=O) groups excluding carboxylic acids is 1. The molecule has 0 bridgehead atoms. The first-order valence-corrected chi connectivity index (χ1v) is 8.41. The largest absolute Gasteiger partial charge is 0.439 e. The number of anilines is 1. The zero-order valence-corrected chi connectivity index (χ0v) is 13.7. The van der Waals surface area contributed by atoms with Crippen LogP contribution >= 0.6 is 0 Å². The van der Waals surface area contributed by atoms with Crippen LogP contribution in [0.2, 0.25) is 0 Å². The lowest BCUT2D eigenvalue weighted by molar-refractivity contribution is -0.119. The zero-order valence-electron chi connectivity index (χ0n) is 13.7. The molecule has 0 aliphatic carbocycles.